The molecule has 0 spiro atoms. The van der Waals surface area contributed by atoms with Gasteiger partial charge in [0.05, 0.1) is 43.0 Å². The Morgan fingerprint density at radius 1 is 1.25 bits per heavy atom. The zero-order chi connectivity index (χ0) is 19.8. The summed E-state index contributed by atoms with van der Waals surface area (Å²) in [6.07, 6.45) is 6.34. The van der Waals surface area contributed by atoms with Crippen LogP contribution in [0.3, 0.4) is 0 Å². The van der Waals surface area contributed by atoms with Crippen molar-refractivity contribution in [2.75, 3.05) is 37.0 Å². The summed E-state index contributed by atoms with van der Waals surface area (Å²) < 4.78 is 6.79. The summed E-state index contributed by atoms with van der Waals surface area (Å²) in [5.41, 5.74) is 4.11. The number of aryl methyl sites for hydroxylation is 2. The van der Waals surface area contributed by atoms with Gasteiger partial charge in [-0.25, -0.2) is 15.0 Å². The summed E-state index contributed by atoms with van der Waals surface area (Å²) in [5.74, 6) is 1.52. The lowest BCUT2D eigenvalue weighted by Gasteiger charge is -2.38. The van der Waals surface area contributed by atoms with E-state index in [0.717, 1.165) is 34.8 Å². The lowest BCUT2D eigenvalue weighted by molar-refractivity contribution is -0.146. The molecule has 0 saturated carbocycles. The molecule has 0 N–H and O–H groups in total. The van der Waals surface area contributed by atoms with Gasteiger partial charge >= 0.3 is 5.97 Å². The zero-order valence-corrected chi connectivity index (χ0v) is 16.6. The molecule has 8 nitrogen and oxygen atoms in total. The molecule has 28 heavy (non-hydrogen) atoms. The van der Waals surface area contributed by atoms with E-state index in [0.29, 0.717) is 13.1 Å². The van der Waals surface area contributed by atoms with Crippen LogP contribution in [0.25, 0.3) is 11.0 Å². The maximum atomic E-state index is 11.6. The molecule has 0 bridgehead atoms. The number of fused-ring (bicyclic) bond motifs is 1. The number of ether oxygens (including phenoxy) is 1. The minimum absolute atomic E-state index is 0.0611. The number of carbonyl (C=O) groups excluding carboxylic acids is 1. The summed E-state index contributed by atoms with van der Waals surface area (Å²) >= 11 is 0. The van der Waals surface area contributed by atoms with Gasteiger partial charge in [0.25, 0.3) is 0 Å². The number of methoxy groups -OCH3 is 1. The molecule has 3 aromatic heterocycles. The highest BCUT2D eigenvalue weighted by Gasteiger charge is 2.34. The average molecular weight is 380 g/mol. The maximum Gasteiger partial charge on any atom is 0.312 e. The number of hydrogen-bond donors (Lipinski definition) is 0. The average Bonchev–Trinajstić information content (AvgIpc) is 3.06. The smallest absolute Gasteiger partial charge is 0.312 e. The van der Waals surface area contributed by atoms with E-state index in [1.165, 1.54) is 12.7 Å². The van der Waals surface area contributed by atoms with E-state index < -0.39 is 0 Å². The molecule has 3 aromatic rings. The highest BCUT2D eigenvalue weighted by molar-refractivity contribution is 5.79. The molecule has 0 aromatic carbocycles. The first-order chi connectivity index (χ1) is 13.5. The van der Waals surface area contributed by atoms with E-state index in [4.69, 9.17) is 4.74 Å². The van der Waals surface area contributed by atoms with Crippen LogP contribution in [0.15, 0.2) is 30.9 Å². The molecule has 4 rings (SSSR count). The van der Waals surface area contributed by atoms with Crippen LogP contribution >= 0.6 is 0 Å². The Balaban J connectivity index is 1.58. The summed E-state index contributed by atoms with van der Waals surface area (Å²) in [6.45, 7) is 3.43. The third kappa shape index (κ3) is 3.04. The second kappa shape index (κ2) is 7.10. The van der Waals surface area contributed by atoms with Gasteiger partial charge in [-0.15, -0.1) is 0 Å². The Morgan fingerprint density at radius 2 is 2.04 bits per heavy atom. The Hall–Kier alpha value is -3.16. The highest BCUT2D eigenvalue weighted by atomic mass is 16.5. The molecule has 1 aliphatic heterocycles. The van der Waals surface area contributed by atoms with Gasteiger partial charge in [0.15, 0.2) is 0 Å². The first kappa shape index (κ1) is 18.2. The number of hydrogen-bond acceptors (Lipinski definition) is 7. The number of pyridine rings is 2. The number of aromatic nitrogens is 4. The molecular weight excluding hydrogens is 356 g/mol. The van der Waals surface area contributed by atoms with E-state index in [-0.39, 0.29) is 11.9 Å². The Bertz CT molecular complexity index is 1020. The van der Waals surface area contributed by atoms with E-state index in [9.17, 15) is 4.79 Å². The van der Waals surface area contributed by atoms with Gasteiger partial charge in [-0.2, -0.15) is 0 Å². The first-order valence-electron chi connectivity index (χ1n) is 9.34. The Labute approximate surface area is 163 Å². The van der Waals surface area contributed by atoms with Crippen molar-refractivity contribution in [1.29, 1.82) is 0 Å². The third-order valence-corrected chi connectivity index (χ3v) is 5.37. The van der Waals surface area contributed by atoms with Crippen LogP contribution in [0.2, 0.25) is 0 Å². The summed E-state index contributed by atoms with van der Waals surface area (Å²) in [5, 5.41) is 0. The quantitative estimate of drug-likeness (QED) is 0.629. The monoisotopic (exact) mass is 380 g/mol. The standard InChI is InChI=1S/C20H24N6O2/c1-5-13-6-19(26-10-14(11-26)20(27)28-4)22-9-17(13)25(3)18-7-16-15(8-21-18)23-12-24(16)2/h6-9,12,14H,5,10-11H2,1-4H3. The molecule has 0 unspecified atom stereocenters. The van der Waals surface area contributed by atoms with Crippen molar-refractivity contribution in [1.82, 2.24) is 19.5 Å². The maximum absolute atomic E-state index is 11.6. The van der Waals surface area contributed by atoms with Crippen LogP contribution in [0, 0.1) is 5.92 Å². The lowest BCUT2D eigenvalue weighted by Crippen LogP contribution is -2.51. The van der Waals surface area contributed by atoms with Gasteiger partial charge in [-0.3, -0.25) is 4.79 Å². The van der Waals surface area contributed by atoms with Crippen LogP contribution in [-0.4, -0.2) is 52.7 Å². The van der Waals surface area contributed by atoms with Crippen molar-refractivity contribution < 1.29 is 9.53 Å². The molecule has 1 saturated heterocycles. The van der Waals surface area contributed by atoms with Crippen LogP contribution in [0.4, 0.5) is 17.3 Å². The van der Waals surface area contributed by atoms with Crippen LogP contribution in [-0.2, 0) is 23.0 Å². The van der Waals surface area contributed by atoms with Crippen LogP contribution in [0.1, 0.15) is 12.5 Å². The molecule has 146 valence electrons. The number of imidazole rings is 1. The topological polar surface area (TPSA) is 76.4 Å². The summed E-state index contributed by atoms with van der Waals surface area (Å²) in [4.78, 5) is 29.3. The minimum atomic E-state index is -0.153. The van der Waals surface area contributed by atoms with Crippen molar-refractivity contribution in [2.45, 2.75) is 13.3 Å². The number of rotatable bonds is 5. The highest BCUT2D eigenvalue weighted by Crippen LogP contribution is 2.31. The summed E-state index contributed by atoms with van der Waals surface area (Å²) in [6, 6.07) is 4.13. The van der Waals surface area contributed by atoms with Gasteiger partial charge in [0.1, 0.15) is 17.2 Å². The predicted octanol–water partition coefficient (Wildman–Crippen LogP) is 2.30. The van der Waals surface area contributed by atoms with Gasteiger partial charge in [0.2, 0.25) is 0 Å². The third-order valence-electron chi connectivity index (χ3n) is 5.37. The number of anilines is 3. The first-order valence-corrected chi connectivity index (χ1v) is 9.34. The number of esters is 1. The van der Waals surface area contributed by atoms with Crippen molar-refractivity contribution >= 4 is 34.3 Å². The molecule has 1 fully saturated rings. The van der Waals surface area contributed by atoms with Crippen molar-refractivity contribution in [3.8, 4) is 0 Å². The fraction of sp³-hybridized carbons (Fsp3) is 0.400. The zero-order valence-electron chi connectivity index (χ0n) is 16.6. The number of carbonyl (C=O) groups is 1. The minimum Gasteiger partial charge on any atom is -0.469 e. The SMILES string of the molecule is CCc1cc(N2CC(C(=O)OC)C2)ncc1N(C)c1cc2c(cn1)ncn2C. The molecule has 0 amide bonds. The molecule has 0 aliphatic carbocycles. The van der Waals surface area contributed by atoms with Gasteiger partial charge < -0.3 is 19.1 Å². The van der Waals surface area contributed by atoms with Crippen LogP contribution < -0.4 is 9.80 Å². The second-order valence-electron chi connectivity index (χ2n) is 7.10. The van der Waals surface area contributed by atoms with Gasteiger partial charge in [0, 0.05) is 33.3 Å². The molecule has 4 heterocycles. The fourth-order valence-corrected chi connectivity index (χ4v) is 3.54. The van der Waals surface area contributed by atoms with Gasteiger partial charge in [-0.05, 0) is 18.1 Å². The fourth-order valence-electron chi connectivity index (χ4n) is 3.54. The van der Waals surface area contributed by atoms with Crippen molar-refractivity contribution in [3.63, 3.8) is 0 Å². The Morgan fingerprint density at radius 3 is 2.75 bits per heavy atom. The molecule has 0 atom stereocenters. The van der Waals surface area contributed by atoms with E-state index in [1.54, 1.807) is 12.5 Å². The largest absolute Gasteiger partial charge is 0.469 e. The predicted molar refractivity (Wildman–Crippen MR) is 108 cm³/mol. The lowest BCUT2D eigenvalue weighted by atomic mass is 10.00. The Kier molecular flexibility index (Phi) is 4.62. The second-order valence-corrected chi connectivity index (χ2v) is 7.10. The molecule has 8 heteroatoms. The van der Waals surface area contributed by atoms with Crippen LogP contribution in [0.5, 0.6) is 0 Å². The van der Waals surface area contributed by atoms with Crippen molar-refractivity contribution in [2.24, 2.45) is 13.0 Å². The molecule has 1 aliphatic rings. The molecular formula is C20H24N6O2. The van der Waals surface area contributed by atoms with E-state index >= 15 is 0 Å². The summed E-state index contributed by atoms with van der Waals surface area (Å²) in [7, 11) is 5.40. The molecule has 0 radical (unpaired) electrons. The van der Waals surface area contributed by atoms with E-state index in [1.807, 2.05) is 30.9 Å². The van der Waals surface area contributed by atoms with E-state index in [2.05, 4.69) is 37.7 Å². The van der Waals surface area contributed by atoms with Crippen molar-refractivity contribution in [3.05, 3.63) is 36.4 Å². The normalized spacial score (nSPS) is 14.2. The van der Waals surface area contributed by atoms with Gasteiger partial charge in [-0.1, -0.05) is 6.92 Å². The number of nitrogens with zero attached hydrogens (tertiary/aromatic N) is 6.